The lowest BCUT2D eigenvalue weighted by Crippen LogP contribution is -2.17. The van der Waals surface area contributed by atoms with Gasteiger partial charge in [-0.2, -0.15) is 0 Å². The molecule has 29 heavy (non-hydrogen) atoms. The van der Waals surface area contributed by atoms with E-state index < -0.39 is 0 Å². The van der Waals surface area contributed by atoms with Crippen molar-refractivity contribution in [3.63, 3.8) is 0 Å². The highest BCUT2D eigenvalue weighted by molar-refractivity contribution is 6.24. The maximum absolute atomic E-state index is 12.2. The van der Waals surface area contributed by atoms with Crippen LogP contribution < -0.4 is 5.32 Å². The van der Waals surface area contributed by atoms with Gasteiger partial charge < -0.3 is 10.2 Å². The van der Waals surface area contributed by atoms with Crippen molar-refractivity contribution in [1.29, 1.82) is 0 Å². The number of hydrogen-bond donors (Lipinski definition) is 1. The van der Waals surface area contributed by atoms with E-state index in [-0.39, 0.29) is 12.5 Å². The van der Waals surface area contributed by atoms with Gasteiger partial charge in [-0.3, -0.25) is 4.79 Å². The maximum Gasteiger partial charge on any atom is 0.265 e. The molecular formula is C25H24N2O2. The maximum atomic E-state index is 12.2. The van der Waals surface area contributed by atoms with E-state index in [0.717, 1.165) is 40.1 Å². The first-order valence-corrected chi connectivity index (χ1v) is 9.96. The number of fused-ring (bicyclic) bond motifs is 3. The first-order chi connectivity index (χ1) is 14.2. The third-order valence-electron chi connectivity index (χ3n) is 5.38. The second-order valence-corrected chi connectivity index (χ2v) is 7.28. The fourth-order valence-electron chi connectivity index (χ4n) is 3.58. The number of amides is 1. The Bertz CT molecular complexity index is 1010. The fourth-order valence-corrected chi connectivity index (χ4v) is 3.58. The number of hydrogen-bond acceptors (Lipinski definition) is 3. The molecule has 0 unspecified atom stereocenters. The van der Waals surface area contributed by atoms with Crippen molar-refractivity contribution < 1.29 is 9.63 Å². The average molecular weight is 384 g/mol. The van der Waals surface area contributed by atoms with Gasteiger partial charge in [0.15, 0.2) is 6.61 Å². The Morgan fingerprint density at radius 1 is 0.897 bits per heavy atom. The van der Waals surface area contributed by atoms with Crippen molar-refractivity contribution in [1.82, 2.24) is 0 Å². The molecule has 146 valence electrons. The van der Waals surface area contributed by atoms with Gasteiger partial charge in [0.05, 0.1) is 0 Å². The molecule has 4 nitrogen and oxygen atoms in total. The molecular weight excluding hydrogens is 360 g/mol. The van der Waals surface area contributed by atoms with Crippen molar-refractivity contribution in [3.8, 4) is 11.1 Å². The topological polar surface area (TPSA) is 50.7 Å². The SMILES string of the molecule is CC[C@@H](C)c1ccc(NC(=O)CON=C2c3ccccc3-c3ccccc32)cc1. The summed E-state index contributed by atoms with van der Waals surface area (Å²) in [5.41, 5.74) is 7.11. The summed E-state index contributed by atoms with van der Waals surface area (Å²) in [5.74, 6) is 0.279. The Labute approximate surface area is 171 Å². The van der Waals surface area contributed by atoms with Crippen LogP contribution in [-0.4, -0.2) is 18.2 Å². The van der Waals surface area contributed by atoms with Crippen molar-refractivity contribution >= 4 is 17.3 Å². The summed E-state index contributed by atoms with van der Waals surface area (Å²) < 4.78 is 0. The second kappa shape index (κ2) is 8.31. The summed E-state index contributed by atoms with van der Waals surface area (Å²) in [6, 6.07) is 24.1. The summed E-state index contributed by atoms with van der Waals surface area (Å²) in [4.78, 5) is 17.7. The Morgan fingerprint density at radius 3 is 2.00 bits per heavy atom. The molecule has 1 atom stereocenters. The molecule has 1 aliphatic carbocycles. The van der Waals surface area contributed by atoms with Gasteiger partial charge in [0.2, 0.25) is 0 Å². The van der Waals surface area contributed by atoms with Crippen LogP contribution >= 0.6 is 0 Å². The van der Waals surface area contributed by atoms with E-state index >= 15 is 0 Å². The number of rotatable bonds is 6. The summed E-state index contributed by atoms with van der Waals surface area (Å²) in [5, 5.41) is 7.15. The highest BCUT2D eigenvalue weighted by Crippen LogP contribution is 2.36. The molecule has 3 aromatic rings. The van der Waals surface area contributed by atoms with Gasteiger partial charge in [-0.25, -0.2) is 0 Å². The van der Waals surface area contributed by atoms with Crippen LogP contribution in [0.2, 0.25) is 0 Å². The number of anilines is 1. The van der Waals surface area contributed by atoms with E-state index in [1.165, 1.54) is 5.56 Å². The van der Waals surface area contributed by atoms with Gasteiger partial charge in [0.25, 0.3) is 5.91 Å². The second-order valence-electron chi connectivity index (χ2n) is 7.28. The molecule has 0 saturated carbocycles. The molecule has 0 saturated heterocycles. The van der Waals surface area contributed by atoms with Gasteiger partial charge in [-0.1, -0.05) is 79.7 Å². The standard InChI is InChI=1S/C25H24N2O2/c1-3-17(2)18-12-14-19(15-13-18)26-24(28)16-29-27-25-22-10-6-4-8-20(22)21-9-5-7-11-23(21)25/h4-15,17H,3,16H2,1-2H3,(H,26,28)/t17-/m1/s1. The van der Waals surface area contributed by atoms with Crippen molar-refractivity contribution in [2.75, 3.05) is 11.9 Å². The number of oxime groups is 1. The Hall–Kier alpha value is -3.40. The minimum atomic E-state index is -0.231. The monoisotopic (exact) mass is 384 g/mol. The van der Waals surface area contributed by atoms with Crippen molar-refractivity contribution in [2.45, 2.75) is 26.2 Å². The predicted molar refractivity (Wildman–Crippen MR) is 117 cm³/mol. The highest BCUT2D eigenvalue weighted by atomic mass is 16.6. The molecule has 0 aromatic heterocycles. The van der Waals surface area contributed by atoms with Gasteiger partial charge in [-0.15, -0.1) is 0 Å². The molecule has 0 heterocycles. The van der Waals surface area contributed by atoms with E-state index in [9.17, 15) is 4.79 Å². The predicted octanol–water partition coefficient (Wildman–Crippen LogP) is 5.59. The lowest BCUT2D eigenvalue weighted by atomic mass is 9.99. The minimum absolute atomic E-state index is 0.138. The van der Waals surface area contributed by atoms with Crippen LogP contribution in [0.25, 0.3) is 11.1 Å². The van der Waals surface area contributed by atoms with Crippen LogP contribution in [0.5, 0.6) is 0 Å². The largest absolute Gasteiger partial charge is 0.385 e. The van der Waals surface area contributed by atoms with Crippen LogP contribution in [0, 0.1) is 0 Å². The Balaban J connectivity index is 1.42. The minimum Gasteiger partial charge on any atom is -0.385 e. The van der Waals surface area contributed by atoms with E-state index in [1.54, 1.807) is 0 Å². The Kier molecular flexibility index (Phi) is 5.43. The van der Waals surface area contributed by atoms with E-state index in [0.29, 0.717) is 5.92 Å². The molecule has 4 rings (SSSR count). The lowest BCUT2D eigenvalue weighted by molar-refractivity contribution is -0.120. The van der Waals surface area contributed by atoms with Crippen molar-refractivity contribution in [2.24, 2.45) is 5.16 Å². The first-order valence-electron chi connectivity index (χ1n) is 9.96. The van der Waals surface area contributed by atoms with E-state index in [4.69, 9.17) is 4.84 Å². The molecule has 1 amide bonds. The summed E-state index contributed by atoms with van der Waals surface area (Å²) in [7, 11) is 0. The van der Waals surface area contributed by atoms with Crippen LogP contribution in [0.4, 0.5) is 5.69 Å². The van der Waals surface area contributed by atoms with E-state index in [1.807, 2.05) is 48.5 Å². The molecule has 0 bridgehead atoms. The number of carbonyl (C=O) groups is 1. The van der Waals surface area contributed by atoms with Gasteiger partial charge in [0.1, 0.15) is 5.71 Å². The zero-order valence-corrected chi connectivity index (χ0v) is 16.7. The number of nitrogens with zero attached hydrogens (tertiary/aromatic N) is 1. The molecule has 0 aliphatic heterocycles. The van der Waals surface area contributed by atoms with Crippen LogP contribution in [0.3, 0.4) is 0 Å². The zero-order valence-electron chi connectivity index (χ0n) is 16.7. The van der Waals surface area contributed by atoms with Crippen LogP contribution in [0.1, 0.15) is 42.9 Å². The zero-order chi connectivity index (χ0) is 20.2. The summed E-state index contributed by atoms with van der Waals surface area (Å²) >= 11 is 0. The first kappa shape index (κ1) is 18.9. The summed E-state index contributed by atoms with van der Waals surface area (Å²) in [6.07, 6.45) is 1.09. The molecule has 0 spiro atoms. The molecule has 3 aromatic carbocycles. The number of benzene rings is 3. The average Bonchev–Trinajstić information content (AvgIpc) is 3.08. The van der Waals surface area contributed by atoms with Gasteiger partial charge in [0, 0.05) is 16.8 Å². The molecule has 0 radical (unpaired) electrons. The normalized spacial score (nSPS) is 12.7. The number of nitrogens with one attached hydrogen (secondary N) is 1. The molecule has 4 heteroatoms. The molecule has 1 N–H and O–H groups in total. The lowest BCUT2D eigenvalue weighted by Gasteiger charge is -2.10. The fraction of sp³-hybridized carbons (Fsp3) is 0.200. The van der Waals surface area contributed by atoms with Crippen LogP contribution in [0.15, 0.2) is 78.0 Å². The summed E-state index contributed by atoms with van der Waals surface area (Å²) in [6.45, 7) is 4.22. The smallest absolute Gasteiger partial charge is 0.265 e. The highest BCUT2D eigenvalue weighted by Gasteiger charge is 2.24. The number of carbonyl (C=O) groups excluding carboxylic acids is 1. The quantitative estimate of drug-likeness (QED) is 0.441. The third kappa shape index (κ3) is 3.92. The van der Waals surface area contributed by atoms with E-state index in [2.05, 4.69) is 48.6 Å². The molecule has 0 fully saturated rings. The van der Waals surface area contributed by atoms with Crippen LogP contribution in [-0.2, 0) is 9.63 Å². The molecule has 1 aliphatic rings. The van der Waals surface area contributed by atoms with Gasteiger partial charge in [-0.05, 0) is 41.2 Å². The Morgan fingerprint density at radius 2 is 1.45 bits per heavy atom. The van der Waals surface area contributed by atoms with Gasteiger partial charge >= 0.3 is 0 Å². The van der Waals surface area contributed by atoms with Crippen molar-refractivity contribution in [3.05, 3.63) is 89.5 Å². The third-order valence-corrected chi connectivity index (χ3v) is 5.38.